The largest absolute Gasteiger partial charge is 0.337 e. The van der Waals surface area contributed by atoms with Crippen LogP contribution in [-0.2, 0) is 6.54 Å². The molecule has 1 saturated carbocycles. The van der Waals surface area contributed by atoms with Crippen molar-refractivity contribution in [2.45, 2.75) is 39.2 Å². The van der Waals surface area contributed by atoms with Crippen LogP contribution in [0.5, 0.6) is 0 Å². The van der Waals surface area contributed by atoms with Crippen molar-refractivity contribution >= 4 is 38.8 Å². The van der Waals surface area contributed by atoms with E-state index in [4.69, 9.17) is 4.98 Å². The molecule has 0 spiro atoms. The van der Waals surface area contributed by atoms with Gasteiger partial charge in [0, 0.05) is 41.0 Å². The molecule has 0 unspecified atom stereocenters. The summed E-state index contributed by atoms with van der Waals surface area (Å²) in [7, 11) is 0. The minimum atomic E-state index is -0.394. The molecule has 0 aliphatic heterocycles. The van der Waals surface area contributed by atoms with Gasteiger partial charge >= 0.3 is 0 Å². The highest BCUT2D eigenvalue weighted by Gasteiger charge is 2.19. The third-order valence-electron chi connectivity index (χ3n) is 7.88. The number of aromatic amines is 2. The number of hydrogen-bond donors (Lipinski definition) is 3. The van der Waals surface area contributed by atoms with Crippen LogP contribution in [0.1, 0.15) is 43.0 Å². The van der Waals surface area contributed by atoms with Crippen LogP contribution in [0, 0.1) is 11.7 Å². The van der Waals surface area contributed by atoms with Crippen LogP contribution in [-0.4, -0.2) is 36.7 Å². The molecule has 9 heteroatoms. The standard InChI is InChI=1S/C32H30FN7S/c1-18(2)26-7-8-27(41-26)31-30-25(9-10-36-31)37-32(38-30)29-23-12-21(13-24(33)28(23)39-40-29)22-11-20(16-35-17-22)15-34-14-19-5-3-4-6-19/h7-13,16-17,19,34H,1,3-6,14-15H2,2H3,(H,37,38)(H,39,40). The first-order chi connectivity index (χ1) is 20.0. The van der Waals surface area contributed by atoms with Crippen LogP contribution in [0.3, 0.4) is 0 Å². The third kappa shape index (κ3) is 4.96. The summed E-state index contributed by atoms with van der Waals surface area (Å²) in [4.78, 5) is 19.5. The number of halogens is 1. The number of pyridine rings is 2. The van der Waals surface area contributed by atoms with Crippen molar-refractivity contribution in [3.8, 4) is 33.2 Å². The van der Waals surface area contributed by atoms with Crippen molar-refractivity contribution < 1.29 is 4.39 Å². The lowest BCUT2D eigenvalue weighted by Gasteiger charge is -2.11. The fourth-order valence-electron chi connectivity index (χ4n) is 5.73. The van der Waals surface area contributed by atoms with Crippen molar-refractivity contribution in [1.29, 1.82) is 0 Å². The molecule has 5 aromatic heterocycles. The Balaban J connectivity index is 1.22. The summed E-state index contributed by atoms with van der Waals surface area (Å²) in [5.41, 5.74) is 6.98. The fourth-order valence-corrected chi connectivity index (χ4v) is 6.66. The molecule has 7 nitrogen and oxygen atoms in total. The molecule has 1 aromatic carbocycles. The molecule has 0 atom stereocenters. The lowest BCUT2D eigenvalue weighted by Crippen LogP contribution is -2.20. The Kier molecular flexibility index (Phi) is 6.68. The van der Waals surface area contributed by atoms with Crippen LogP contribution in [0.2, 0.25) is 0 Å². The van der Waals surface area contributed by atoms with E-state index in [9.17, 15) is 0 Å². The van der Waals surface area contributed by atoms with Gasteiger partial charge in [-0.25, -0.2) is 9.37 Å². The zero-order valence-electron chi connectivity index (χ0n) is 22.8. The second kappa shape index (κ2) is 10.6. The van der Waals surface area contributed by atoms with E-state index in [1.165, 1.54) is 31.7 Å². The molecular weight excluding hydrogens is 533 g/mol. The van der Waals surface area contributed by atoms with E-state index in [1.807, 2.05) is 31.3 Å². The second-order valence-corrected chi connectivity index (χ2v) is 12.0. The molecule has 6 aromatic rings. The van der Waals surface area contributed by atoms with Crippen LogP contribution >= 0.6 is 11.3 Å². The van der Waals surface area contributed by atoms with Gasteiger partial charge in [0.2, 0.25) is 0 Å². The van der Waals surface area contributed by atoms with E-state index in [0.717, 1.165) is 67.8 Å². The predicted molar refractivity (Wildman–Crippen MR) is 164 cm³/mol. The minimum absolute atomic E-state index is 0.272. The molecule has 0 amide bonds. The molecule has 206 valence electrons. The van der Waals surface area contributed by atoms with Crippen LogP contribution in [0.25, 0.3) is 60.7 Å². The van der Waals surface area contributed by atoms with Crippen molar-refractivity contribution in [2.75, 3.05) is 6.54 Å². The lowest BCUT2D eigenvalue weighted by molar-refractivity contribution is 0.489. The number of H-pyrrole nitrogens is 2. The highest BCUT2D eigenvalue weighted by Crippen LogP contribution is 2.36. The van der Waals surface area contributed by atoms with Crippen LogP contribution in [0.15, 0.2) is 61.6 Å². The Morgan fingerprint density at radius 3 is 2.80 bits per heavy atom. The molecule has 41 heavy (non-hydrogen) atoms. The highest BCUT2D eigenvalue weighted by atomic mass is 32.1. The van der Waals surface area contributed by atoms with Gasteiger partial charge < -0.3 is 10.3 Å². The molecule has 3 N–H and O–H groups in total. The normalized spacial score (nSPS) is 14.0. The Morgan fingerprint density at radius 2 is 1.98 bits per heavy atom. The molecule has 0 radical (unpaired) electrons. The highest BCUT2D eigenvalue weighted by molar-refractivity contribution is 7.16. The van der Waals surface area contributed by atoms with Gasteiger partial charge in [-0.2, -0.15) is 5.10 Å². The Morgan fingerprint density at radius 1 is 1.10 bits per heavy atom. The summed E-state index contributed by atoms with van der Waals surface area (Å²) < 4.78 is 15.3. The van der Waals surface area contributed by atoms with Gasteiger partial charge in [0.25, 0.3) is 0 Å². The van der Waals surface area contributed by atoms with Gasteiger partial charge in [-0.1, -0.05) is 19.4 Å². The number of nitrogens with one attached hydrogen (secondary N) is 3. The lowest BCUT2D eigenvalue weighted by atomic mass is 10.0. The monoisotopic (exact) mass is 563 g/mol. The molecule has 5 heterocycles. The third-order valence-corrected chi connectivity index (χ3v) is 9.13. The molecule has 7 rings (SSSR count). The van der Waals surface area contributed by atoms with Crippen molar-refractivity contribution in [3.05, 3.63) is 77.8 Å². The topological polar surface area (TPSA) is 95.2 Å². The van der Waals surface area contributed by atoms with Gasteiger partial charge in [0.15, 0.2) is 11.6 Å². The quantitative estimate of drug-likeness (QED) is 0.176. The summed E-state index contributed by atoms with van der Waals surface area (Å²) in [5, 5.41) is 11.5. The number of nitrogens with zero attached hydrogens (tertiary/aromatic N) is 4. The summed E-state index contributed by atoms with van der Waals surface area (Å²) in [6, 6.07) is 11.5. The van der Waals surface area contributed by atoms with Crippen molar-refractivity contribution in [1.82, 2.24) is 35.5 Å². The van der Waals surface area contributed by atoms with Gasteiger partial charge in [0.1, 0.15) is 22.4 Å². The SMILES string of the molecule is C=C(C)c1ccc(-c2nccc3[nH]c(-c4[nH]nc5c(F)cc(-c6cncc(CNCC7CCCC7)c6)cc45)nc23)s1. The van der Waals surface area contributed by atoms with E-state index in [2.05, 4.69) is 49.2 Å². The summed E-state index contributed by atoms with van der Waals surface area (Å²) >= 11 is 1.64. The predicted octanol–water partition coefficient (Wildman–Crippen LogP) is 7.74. The van der Waals surface area contributed by atoms with E-state index < -0.39 is 5.82 Å². The molecular formula is C32H30FN7S. The fraction of sp³-hybridized carbons (Fsp3) is 0.250. The molecule has 0 saturated heterocycles. The van der Waals surface area contributed by atoms with Crippen LogP contribution in [0.4, 0.5) is 4.39 Å². The first kappa shape index (κ1) is 25.7. The second-order valence-electron chi connectivity index (χ2n) is 10.9. The maximum absolute atomic E-state index is 15.3. The Labute approximate surface area is 241 Å². The summed E-state index contributed by atoms with van der Waals surface area (Å²) in [6.45, 7) is 7.81. The molecule has 0 bridgehead atoms. The number of fused-ring (bicyclic) bond motifs is 2. The molecule has 1 aliphatic carbocycles. The maximum atomic E-state index is 15.3. The number of aromatic nitrogens is 6. The van der Waals surface area contributed by atoms with Gasteiger partial charge in [-0.05, 0) is 85.3 Å². The number of benzene rings is 1. The average molecular weight is 564 g/mol. The average Bonchev–Trinajstić information content (AvgIpc) is 3.78. The van der Waals surface area contributed by atoms with E-state index in [1.54, 1.807) is 23.7 Å². The number of allylic oxidation sites excluding steroid dienone is 1. The van der Waals surface area contributed by atoms with Gasteiger partial charge in [0.05, 0.1) is 10.4 Å². The van der Waals surface area contributed by atoms with Crippen LogP contribution < -0.4 is 5.32 Å². The van der Waals surface area contributed by atoms with E-state index >= 15 is 4.39 Å². The van der Waals surface area contributed by atoms with Crippen molar-refractivity contribution in [3.63, 3.8) is 0 Å². The van der Waals surface area contributed by atoms with Gasteiger partial charge in [-0.15, -0.1) is 11.3 Å². The number of rotatable bonds is 8. The Hall–Kier alpha value is -4.21. The van der Waals surface area contributed by atoms with E-state index in [0.29, 0.717) is 16.9 Å². The Bertz CT molecular complexity index is 1890. The first-order valence-corrected chi connectivity index (χ1v) is 14.8. The van der Waals surface area contributed by atoms with Gasteiger partial charge in [-0.3, -0.25) is 15.1 Å². The maximum Gasteiger partial charge on any atom is 0.157 e. The number of thiophene rings is 1. The smallest absolute Gasteiger partial charge is 0.157 e. The van der Waals surface area contributed by atoms with E-state index in [-0.39, 0.29) is 5.52 Å². The zero-order chi connectivity index (χ0) is 27.9. The number of hydrogen-bond acceptors (Lipinski definition) is 6. The summed E-state index contributed by atoms with van der Waals surface area (Å²) in [6.07, 6.45) is 10.7. The molecule has 1 aliphatic rings. The van der Waals surface area contributed by atoms with Crippen molar-refractivity contribution in [2.24, 2.45) is 5.92 Å². The minimum Gasteiger partial charge on any atom is -0.337 e. The zero-order valence-corrected chi connectivity index (χ0v) is 23.6. The summed E-state index contributed by atoms with van der Waals surface area (Å²) in [5.74, 6) is 0.952. The molecule has 1 fully saturated rings. The first-order valence-electron chi connectivity index (χ1n) is 14.0. The number of imidazole rings is 1.